The van der Waals surface area contributed by atoms with Gasteiger partial charge in [-0.05, 0) is 30.5 Å². The first-order valence-corrected chi connectivity index (χ1v) is 8.95. The maximum absolute atomic E-state index is 12.2. The van der Waals surface area contributed by atoms with Crippen molar-refractivity contribution in [2.45, 2.75) is 36.5 Å². The van der Waals surface area contributed by atoms with Crippen LogP contribution in [-0.4, -0.2) is 44.3 Å². The molecule has 3 atom stereocenters. The monoisotopic (exact) mass is 313 g/mol. The lowest BCUT2D eigenvalue weighted by Crippen LogP contribution is -2.43. The lowest BCUT2D eigenvalue weighted by molar-refractivity contribution is 0.133. The Bertz CT molecular complexity index is 573. The van der Waals surface area contributed by atoms with E-state index in [-0.39, 0.29) is 12.3 Å². The number of nitrogens with two attached hydrogens (primary N) is 1. The van der Waals surface area contributed by atoms with Crippen LogP contribution >= 0.6 is 0 Å². The molecule has 0 aliphatic carbocycles. The van der Waals surface area contributed by atoms with E-state index in [1.165, 1.54) is 0 Å². The summed E-state index contributed by atoms with van der Waals surface area (Å²) >= 11 is 0. The molecule has 118 valence electrons. The minimum Gasteiger partial charge on any atom is -0.497 e. The molecule has 2 rings (SSSR count). The number of hydrogen-bond donors (Lipinski definition) is 2. The molecular formula is C15H23NO4S. The summed E-state index contributed by atoms with van der Waals surface area (Å²) in [7, 11) is -1.67. The van der Waals surface area contributed by atoms with Gasteiger partial charge in [0.1, 0.15) is 5.75 Å². The molecule has 0 amide bonds. The lowest BCUT2D eigenvalue weighted by atomic mass is 9.89. The van der Waals surface area contributed by atoms with E-state index >= 15 is 0 Å². The molecule has 21 heavy (non-hydrogen) atoms. The Morgan fingerprint density at radius 3 is 2.81 bits per heavy atom. The molecule has 3 N–H and O–H groups in total. The van der Waals surface area contributed by atoms with Crippen LogP contribution < -0.4 is 10.5 Å². The Kier molecular flexibility index (Phi) is 5.24. The molecule has 6 heteroatoms. The highest BCUT2D eigenvalue weighted by Crippen LogP contribution is 2.31. The Balaban J connectivity index is 2.27. The van der Waals surface area contributed by atoms with Crippen LogP contribution in [0.2, 0.25) is 0 Å². The third-order valence-electron chi connectivity index (χ3n) is 4.20. The largest absolute Gasteiger partial charge is 0.497 e. The zero-order valence-electron chi connectivity index (χ0n) is 12.2. The van der Waals surface area contributed by atoms with E-state index in [2.05, 4.69) is 0 Å². The molecule has 0 bridgehead atoms. The van der Waals surface area contributed by atoms with Crippen molar-refractivity contribution < 1.29 is 18.3 Å². The third-order valence-corrected chi connectivity index (χ3v) is 6.49. The van der Waals surface area contributed by atoms with Crippen LogP contribution in [0.1, 0.15) is 30.7 Å². The zero-order chi connectivity index (χ0) is 15.5. The van der Waals surface area contributed by atoms with Crippen molar-refractivity contribution in [2.75, 3.05) is 19.4 Å². The fraction of sp³-hybridized carbons (Fsp3) is 0.600. The first-order chi connectivity index (χ1) is 9.99. The van der Waals surface area contributed by atoms with Crippen LogP contribution in [0.15, 0.2) is 24.3 Å². The highest BCUT2D eigenvalue weighted by Gasteiger charge is 2.38. The summed E-state index contributed by atoms with van der Waals surface area (Å²) in [6, 6.07) is 7.27. The van der Waals surface area contributed by atoms with Gasteiger partial charge in [0.2, 0.25) is 0 Å². The molecule has 0 spiro atoms. The lowest BCUT2D eigenvalue weighted by Gasteiger charge is -2.31. The Labute approximate surface area is 126 Å². The molecule has 1 fully saturated rings. The average molecular weight is 313 g/mol. The number of aliphatic hydroxyl groups excluding tert-OH is 1. The van der Waals surface area contributed by atoms with Gasteiger partial charge in [-0.25, -0.2) is 8.42 Å². The molecule has 1 aromatic rings. The molecule has 0 radical (unpaired) electrons. The molecule has 1 aromatic carbocycles. The van der Waals surface area contributed by atoms with Crippen molar-refractivity contribution in [1.29, 1.82) is 0 Å². The minimum atomic E-state index is -3.24. The van der Waals surface area contributed by atoms with E-state index in [0.717, 1.165) is 12.0 Å². The van der Waals surface area contributed by atoms with Crippen molar-refractivity contribution >= 4 is 9.84 Å². The normalized spacial score (nSPS) is 24.2. The van der Waals surface area contributed by atoms with Crippen molar-refractivity contribution in [3.63, 3.8) is 0 Å². The molecule has 1 aliphatic heterocycles. The Morgan fingerprint density at radius 1 is 1.43 bits per heavy atom. The number of aliphatic hydroxyl groups is 1. The van der Waals surface area contributed by atoms with Gasteiger partial charge in [-0.15, -0.1) is 0 Å². The molecule has 0 aromatic heterocycles. The summed E-state index contributed by atoms with van der Waals surface area (Å²) in [5.74, 6) is 0.423. The second kappa shape index (κ2) is 6.77. The maximum atomic E-state index is 12.2. The Morgan fingerprint density at radius 2 is 2.19 bits per heavy atom. The first kappa shape index (κ1) is 16.3. The van der Waals surface area contributed by atoms with Crippen LogP contribution in [0.5, 0.6) is 5.75 Å². The quantitative estimate of drug-likeness (QED) is 0.848. The van der Waals surface area contributed by atoms with Gasteiger partial charge in [0.25, 0.3) is 0 Å². The molecule has 5 nitrogen and oxygen atoms in total. The van der Waals surface area contributed by atoms with E-state index in [1.807, 2.05) is 12.1 Å². The number of rotatable bonds is 5. The predicted molar refractivity (Wildman–Crippen MR) is 82.2 cm³/mol. The van der Waals surface area contributed by atoms with Gasteiger partial charge in [-0.1, -0.05) is 18.6 Å². The van der Waals surface area contributed by atoms with Crippen molar-refractivity contribution in [3.05, 3.63) is 29.8 Å². The highest BCUT2D eigenvalue weighted by molar-refractivity contribution is 7.92. The summed E-state index contributed by atoms with van der Waals surface area (Å²) in [5, 5.41) is 9.87. The molecule has 0 saturated carbocycles. The van der Waals surface area contributed by atoms with E-state index in [1.54, 1.807) is 19.2 Å². The van der Waals surface area contributed by atoms with Crippen LogP contribution in [0.4, 0.5) is 0 Å². The van der Waals surface area contributed by atoms with Gasteiger partial charge in [-0.3, -0.25) is 0 Å². The van der Waals surface area contributed by atoms with E-state index < -0.39 is 27.1 Å². The van der Waals surface area contributed by atoms with E-state index in [4.69, 9.17) is 10.5 Å². The van der Waals surface area contributed by atoms with E-state index in [0.29, 0.717) is 18.6 Å². The summed E-state index contributed by atoms with van der Waals surface area (Å²) in [4.78, 5) is 0. The summed E-state index contributed by atoms with van der Waals surface area (Å²) in [6.45, 7) is 0.195. The third kappa shape index (κ3) is 3.56. The standard InChI is InChI=1S/C15H23NO4S/c1-20-12-6-4-5-11(9-12)13(10-16)15(17)14-7-2-3-8-21(14,18)19/h4-6,9,13-15,17H,2-3,7-8,10,16H2,1H3. The number of methoxy groups -OCH3 is 1. The zero-order valence-corrected chi connectivity index (χ0v) is 13.1. The number of ether oxygens (including phenoxy) is 1. The van der Waals surface area contributed by atoms with Crippen molar-refractivity contribution in [2.24, 2.45) is 5.73 Å². The topological polar surface area (TPSA) is 89.6 Å². The molecule has 1 saturated heterocycles. The van der Waals surface area contributed by atoms with Crippen molar-refractivity contribution in [1.82, 2.24) is 0 Å². The van der Waals surface area contributed by atoms with E-state index in [9.17, 15) is 13.5 Å². The fourth-order valence-corrected chi connectivity index (χ4v) is 5.02. The average Bonchev–Trinajstić information content (AvgIpc) is 2.47. The second-order valence-corrected chi connectivity index (χ2v) is 7.85. The van der Waals surface area contributed by atoms with Crippen LogP contribution in [0, 0.1) is 0 Å². The van der Waals surface area contributed by atoms with Crippen molar-refractivity contribution in [3.8, 4) is 5.75 Å². The predicted octanol–water partition coefficient (Wildman–Crippen LogP) is 1.07. The van der Waals surface area contributed by atoms with Gasteiger partial charge >= 0.3 is 0 Å². The second-order valence-electron chi connectivity index (χ2n) is 5.51. The van der Waals surface area contributed by atoms with Crippen LogP contribution in [0.3, 0.4) is 0 Å². The number of sulfone groups is 1. The van der Waals surface area contributed by atoms with Gasteiger partial charge < -0.3 is 15.6 Å². The SMILES string of the molecule is COc1cccc(C(CN)C(O)C2CCCCS2(=O)=O)c1. The smallest absolute Gasteiger partial charge is 0.155 e. The highest BCUT2D eigenvalue weighted by atomic mass is 32.2. The first-order valence-electron chi connectivity index (χ1n) is 7.23. The fourth-order valence-electron chi connectivity index (χ4n) is 2.97. The number of benzene rings is 1. The molecule has 1 aliphatic rings. The maximum Gasteiger partial charge on any atom is 0.155 e. The molecule has 1 heterocycles. The van der Waals surface area contributed by atoms with Crippen LogP contribution in [-0.2, 0) is 9.84 Å². The van der Waals surface area contributed by atoms with Gasteiger partial charge in [0.05, 0.1) is 24.2 Å². The molecule has 3 unspecified atom stereocenters. The summed E-state index contributed by atoms with van der Waals surface area (Å²) < 4.78 is 29.5. The molecular weight excluding hydrogens is 290 g/mol. The van der Waals surface area contributed by atoms with Gasteiger partial charge in [-0.2, -0.15) is 0 Å². The van der Waals surface area contributed by atoms with Gasteiger partial charge in [0, 0.05) is 12.5 Å². The summed E-state index contributed by atoms with van der Waals surface area (Å²) in [6.07, 6.45) is 1.03. The van der Waals surface area contributed by atoms with Gasteiger partial charge in [0.15, 0.2) is 9.84 Å². The number of hydrogen-bond acceptors (Lipinski definition) is 5. The summed E-state index contributed by atoms with van der Waals surface area (Å²) in [5.41, 5.74) is 6.61. The van der Waals surface area contributed by atoms with Crippen LogP contribution in [0.25, 0.3) is 0 Å². The minimum absolute atomic E-state index is 0.157. The Hall–Kier alpha value is -1.11.